The highest BCUT2D eigenvalue weighted by Crippen LogP contribution is 2.38. The van der Waals surface area contributed by atoms with Crippen LogP contribution in [-0.2, 0) is 14.6 Å². The zero-order chi connectivity index (χ0) is 23.0. The summed E-state index contributed by atoms with van der Waals surface area (Å²) in [5.41, 5.74) is 0.256. The summed E-state index contributed by atoms with van der Waals surface area (Å²) in [6.45, 7) is 2.78. The Morgan fingerprint density at radius 3 is 2.00 bits per heavy atom. The van der Waals surface area contributed by atoms with Gasteiger partial charge >= 0.3 is 5.97 Å². The predicted octanol–water partition coefficient (Wildman–Crippen LogP) is 2.78. The van der Waals surface area contributed by atoms with Gasteiger partial charge in [0.05, 0.1) is 29.2 Å². The summed E-state index contributed by atoms with van der Waals surface area (Å²) >= 11 is 0. The first-order chi connectivity index (χ1) is 14.6. The second-order valence-electron chi connectivity index (χ2n) is 7.42. The molecule has 1 N–H and O–H groups in total. The SMILES string of the molecule is CCCC(N1C(=O)c2ccccc2C1=O)C(C)(C(=O)O)S(=O)(=O)c1ccc(OC)cc1. The number of imide groups is 1. The lowest BCUT2D eigenvalue weighted by Gasteiger charge is -2.38. The van der Waals surface area contributed by atoms with Gasteiger partial charge in [0.25, 0.3) is 11.8 Å². The largest absolute Gasteiger partial charge is 0.497 e. The third kappa shape index (κ3) is 3.38. The summed E-state index contributed by atoms with van der Waals surface area (Å²) in [7, 11) is -3.10. The molecule has 0 fully saturated rings. The summed E-state index contributed by atoms with van der Waals surface area (Å²) in [5.74, 6) is -2.63. The topological polar surface area (TPSA) is 118 Å². The van der Waals surface area contributed by atoms with Crippen molar-refractivity contribution in [3.05, 3.63) is 59.7 Å². The summed E-state index contributed by atoms with van der Waals surface area (Å²) in [6.07, 6.45) is 0.364. The van der Waals surface area contributed by atoms with E-state index in [9.17, 15) is 27.9 Å². The second kappa shape index (κ2) is 8.14. The quantitative estimate of drug-likeness (QED) is 0.621. The minimum atomic E-state index is -4.52. The molecule has 1 heterocycles. The molecular formula is C22H23NO7S. The fourth-order valence-electron chi connectivity index (χ4n) is 3.85. The highest BCUT2D eigenvalue weighted by Gasteiger charge is 2.58. The molecule has 2 unspecified atom stereocenters. The molecular weight excluding hydrogens is 422 g/mol. The molecule has 0 bridgehead atoms. The molecule has 9 heteroatoms. The first-order valence-corrected chi connectivity index (χ1v) is 11.2. The van der Waals surface area contributed by atoms with Crippen molar-refractivity contribution in [3.8, 4) is 5.75 Å². The number of carboxylic acids is 1. The van der Waals surface area contributed by atoms with Crippen molar-refractivity contribution in [1.29, 1.82) is 0 Å². The van der Waals surface area contributed by atoms with Gasteiger partial charge in [-0.2, -0.15) is 0 Å². The van der Waals surface area contributed by atoms with E-state index in [1.54, 1.807) is 19.1 Å². The molecule has 0 saturated heterocycles. The molecule has 3 rings (SSSR count). The zero-order valence-electron chi connectivity index (χ0n) is 17.4. The number of carbonyl (C=O) groups is 3. The number of carbonyl (C=O) groups excluding carboxylic acids is 2. The van der Waals surface area contributed by atoms with Gasteiger partial charge in [-0.15, -0.1) is 0 Å². The predicted molar refractivity (Wildman–Crippen MR) is 112 cm³/mol. The normalized spacial score (nSPS) is 16.5. The van der Waals surface area contributed by atoms with Crippen molar-refractivity contribution in [2.24, 2.45) is 0 Å². The molecule has 0 spiro atoms. The lowest BCUT2D eigenvalue weighted by atomic mass is 9.95. The Bertz CT molecular complexity index is 1110. The van der Waals surface area contributed by atoms with Crippen LogP contribution >= 0.6 is 0 Å². The van der Waals surface area contributed by atoms with Crippen molar-refractivity contribution < 1.29 is 32.6 Å². The van der Waals surface area contributed by atoms with Crippen LogP contribution in [0.3, 0.4) is 0 Å². The molecule has 31 heavy (non-hydrogen) atoms. The van der Waals surface area contributed by atoms with E-state index in [0.29, 0.717) is 12.2 Å². The minimum Gasteiger partial charge on any atom is -0.497 e. The fraction of sp³-hybridized carbons (Fsp3) is 0.318. The Kier molecular flexibility index (Phi) is 5.91. The molecule has 2 atom stereocenters. The number of ether oxygens (including phenoxy) is 1. The third-order valence-corrected chi connectivity index (χ3v) is 8.14. The lowest BCUT2D eigenvalue weighted by molar-refractivity contribution is -0.141. The number of fused-ring (bicyclic) bond motifs is 1. The van der Waals surface area contributed by atoms with Crippen LogP contribution in [0.25, 0.3) is 0 Å². The van der Waals surface area contributed by atoms with Gasteiger partial charge in [-0.05, 0) is 49.7 Å². The van der Waals surface area contributed by atoms with Gasteiger partial charge in [0.1, 0.15) is 5.75 Å². The van der Waals surface area contributed by atoms with Crippen molar-refractivity contribution in [3.63, 3.8) is 0 Å². The van der Waals surface area contributed by atoms with Gasteiger partial charge in [-0.3, -0.25) is 19.3 Å². The maximum absolute atomic E-state index is 13.6. The van der Waals surface area contributed by atoms with E-state index in [1.165, 1.54) is 43.5 Å². The number of carboxylic acid groups (broad SMARTS) is 1. The fourth-order valence-corrected chi connectivity index (χ4v) is 5.65. The number of benzene rings is 2. The zero-order valence-corrected chi connectivity index (χ0v) is 18.2. The average molecular weight is 445 g/mol. The second-order valence-corrected chi connectivity index (χ2v) is 9.75. The number of hydrogen-bond donors (Lipinski definition) is 1. The van der Waals surface area contributed by atoms with E-state index >= 15 is 0 Å². The maximum atomic E-state index is 13.6. The third-order valence-electron chi connectivity index (χ3n) is 5.69. The Labute approximate surface area is 180 Å². The first-order valence-electron chi connectivity index (χ1n) is 9.70. The van der Waals surface area contributed by atoms with Crippen LogP contribution in [0.1, 0.15) is 47.4 Å². The molecule has 1 aliphatic rings. The minimum absolute atomic E-state index is 0.00362. The van der Waals surface area contributed by atoms with Gasteiger partial charge in [0, 0.05) is 0 Å². The van der Waals surface area contributed by atoms with Crippen LogP contribution in [0, 0.1) is 0 Å². The van der Waals surface area contributed by atoms with Crippen LogP contribution in [0.2, 0.25) is 0 Å². The Balaban J connectivity index is 2.17. The highest BCUT2D eigenvalue weighted by molar-refractivity contribution is 7.93. The van der Waals surface area contributed by atoms with E-state index in [2.05, 4.69) is 0 Å². The smallest absolute Gasteiger partial charge is 0.327 e. The highest BCUT2D eigenvalue weighted by atomic mass is 32.2. The average Bonchev–Trinajstić information content (AvgIpc) is 3.01. The lowest BCUT2D eigenvalue weighted by Crippen LogP contribution is -2.61. The Morgan fingerprint density at radius 1 is 1.06 bits per heavy atom. The number of hydrogen-bond acceptors (Lipinski definition) is 6. The van der Waals surface area contributed by atoms with Gasteiger partial charge < -0.3 is 9.84 Å². The molecule has 1 aliphatic heterocycles. The van der Waals surface area contributed by atoms with Crippen LogP contribution in [0.5, 0.6) is 5.75 Å². The standard InChI is InChI=1S/C22H23NO7S/c1-4-7-18(23-19(24)16-8-5-6-9-17(16)20(23)25)22(2,21(26)27)31(28,29)15-12-10-14(30-3)11-13-15/h5-6,8-13,18H,4,7H2,1-3H3,(H,26,27). The molecule has 2 amide bonds. The number of sulfone groups is 1. The Hall–Kier alpha value is -3.20. The number of rotatable bonds is 8. The van der Waals surface area contributed by atoms with Crippen molar-refractivity contribution >= 4 is 27.6 Å². The van der Waals surface area contributed by atoms with E-state index in [-0.39, 0.29) is 22.4 Å². The number of nitrogens with zero attached hydrogens (tertiary/aromatic N) is 1. The van der Waals surface area contributed by atoms with Crippen LogP contribution in [0.4, 0.5) is 0 Å². The summed E-state index contributed by atoms with van der Waals surface area (Å²) in [4.78, 5) is 39.1. The van der Waals surface area contributed by atoms with Crippen molar-refractivity contribution in [2.45, 2.75) is 42.4 Å². The molecule has 8 nitrogen and oxygen atoms in total. The molecule has 0 saturated carbocycles. The van der Waals surface area contributed by atoms with Gasteiger partial charge in [0.2, 0.25) is 0 Å². The Morgan fingerprint density at radius 2 is 1.58 bits per heavy atom. The van der Waals surface area contributed by atoms with Crippen molar-refractivity contribution in [2.75, 3.05) is 7.11 Å². The van der Waals surface area contributed by atoms with E-state index in [4.69, 9.17) is 4.74 Å². The van der Waals surface area contributed by atoms with Crippen LogP contribution < -0.4 is 4.74 Å². The molecule has 2 aromatic carbocycles. The summed E-state index contributed by atoms with van der Waals surface area (Å²) < 4.78 is 29.7. The monoisotopic (exact) mass is 445 g/mol. The molecule has 2 aromatic rings. The first kappa shape index (κ1) is 22.5. The molecule has 0 radical (unpaired) electrons. The van der Waals surface area contributed by atoms with Crippen LogP contribution in [0.15, 0.2) is 53.4 Å². The molecule has 0 aliphatic carbocycles. The number of methoxy groups -OCH3 is 1. The van der Waals surface area contributed by atoms with E-state index in [1.807, 2.05) is 0 Å². The summed E-state index contributed by atoms with van der Waals surface area (Å²) in [5, 5.41) is 10.1. The van der Waals surface area contributed by atoms with Crippen molar-refractivity contribution in [1.82, 2.24) is 4.90 Å². The number of amides is 2. The van der Waals surface area contributed by atoms with Crippen LogP contribution in [-0.4, -0.2) is 54.1 Å². The van der Waals surface area contributed by atoms with Gasteiger partial charge in [-0.25, -0.2) is 8.42 Å². The van der Waals surface area contributed by atoms with E-state index in [0.717, 1.165) is 11.8 Å². The van der Waals surface area contributed by atoms with Gasteiger partial charge in [0.15, 0.2) is 14.6 Å². The van der Waals surface area contributed by atoms with Gasteiger partial charge in [-0.1, -0.05) is 25.5 Å². The van der Waals surface area contributed by atoms with E-state index < -0.39 is 38.4 Å². The molecule has 164 valence electrons. The summed E-state index contributed by atoms with van der Waals surface area (Å²) in [6, 6.07) is 10.0. The number of aliphatic carboxylic acids is 1. The maximum Gasteiger partial charge on any atom is 0.327 e. The molecule has 0 aromatic heterocycles.